The lowest BCUT2D eigenvalue weighted by Crippen LogP contribution is -2.30. The fourth-order valence-corrected chi connectivity index (χ4v) is 6.57. The minimum absolute atomic E-state index is 0.0197. The minimum atomic E-state index is -3.38. The summed E-state index contributed by atoms with van der Waals surface area (Å²) in [4.78, 5) is 12.8. The molecule has 10 nitrogen and oxygen atoms in total. The molecule has 5 atom stereocenters. The van der Waals surface area contributed by atoms with Crippen molar-refractivity contribution in [3.63, 3.8) is 0 Å². The van der Waals surface area contributed by atoms with Crippen LogP contribution in [0.15, 0.2) is 6.33 Å². The molecule has 0 saturated heterocycles. The third kappa shape index (κ3) is 3.92. The second-order valence-corrected chi connectivity index (χ2v) is 9.89. The Kier molecular flexibility index (Phi) is 6.62. The van der Waals surface area contributed by atoms with Crippen LogP contribution in [0.1, 0.15) is 26.8 Å². The normalized spacial score (nSPS) is 28.3. The summed E-state index contributed by atoms with van der Waals surface area (Å²) in [6, 6.07) is -0.521. The van der Waals surface area contributed by atoms with Crippen molar-refractivity contribution in [3.8, 4) is 0 Å². The highest BCUT2D eigenvalue weighted by atomic mass is 127. The highest BCUT2D eigenvalue weighted by molar-refractivity contribution is 14.1. The Balaban J connectivity index is 1.96. The topological polar surface area (TPSA) is 146 Å². The molecule has 4 N–H and O–H groups in total. The molecule has 1 fully saturated rings. The fraction of sp³-hybridized carbons (Fsp3) is 0.688. The molecular formula is C16H25IN5O5P. The number of aromatic nitrogens is 4. The molecule has 1 saturated carbocycles. The number of fused-ring (bicyclic) bond motifs is 1. The molecule has 2 aromatic rings. The van der Waals surface area contributed by atoms with Crippen LogP contribution >= 0.6 is 30.2 Å². The standard InChI is InChI=1S/C16H25IN5O5P/c1-4-26-28(25,27-5-2)6-9-8(3)11(13(24)12(9)23)22-7-19-10-14(18)20-16(17)21-15(10)22/h7-9,11-13,23-24H,4-6H2,1-3H3,(H2,18,20,21)/t8-,9-,11+,12+,13-/m0/s1. The number of imidazole rings is 1. The molecule has 2 heterocycles. The van der Waals surface area contributed by atoms with Crippen molar-refractivity contribution in [2.24, 2.45) is 11.8 Å². The summed E-state index contributed by atoms with van der Waals surface area (Å²) < 4.78 is 25.9. The predicted octanol–water partition coefficient (Wildman–Crippen LogP) is 1.81. The Morgan fingerprint density at radius 3 is 2.50 bits per heavy atom. The second kappa shape index (κ2) is 8.49. The molecule has 28 heavy (non-hydrogen) atoms. The lowest BCUT2D eigenvalue weighted by atomic mass is 9.96. The quantitative estimate of drug-likeness (QED) is 0.280. The Bertz CT molecular complexity index is 886. The van der Waals surface area contributed by atoms with Crippen molar-refractivity contribution < 1.29 is 23.8 Å². The van der Waals surface area contributed by atoms with Gasteiger partial charge in [-0.25, -0.2) is 15.0 Å². The molecule has 3 rings (SSSR count). The number of hydrogen-bond donors (Lipinski definition) is 3. The Hall–Kier alpha value is -0.850. The third-order valence-electron chi connectivity index (χ3n) is 5.18. The zero-order valence-corrected chi connectivity index (χ0v) is 18.9. The van der Waals surface area contributed by atoms with Crippen LogP contribution in [0.25, 0.3) is 11.2 Å². The van der Waals surface area contributed by atoms with E-state index in [0.29, 0.717) is 15.0 Å². The van der Waals surface area contributed by atoms with Gasteiger partial charge in [-0.05, 0) is 19.8 Å². The lowest BCUT2D eigenvalue weighted by molar-refractivity contribution is 0.00912. The van der Waals surface area contributed by atoms with Crippen LogP contribution in [0.4, 0.5) is 5.82 Å². The first-order valence-corrected chi connectivity index (χ1v) is 11.9. The molecular weight excluding hydrogens is 500 g/mol. The highest BCUT2D eigenvalue weighted by Gasteiger charge is 2.51. The molecule has 1 aliphatic rings. The van der Waals surface area contributed by atoms with Crippen LogP contribution in [0.5, 0.6) is 0 Å². The van der Waals surface area contributed by atoms with Crippen molar-refractivity contribution in [1.82, 2.24) is 19.5 Å². The summed E-state index contributed by atoms with van der Waals surface area (Å²) in [6.45, 7) is 5.84. The van der Waals surface area contributed by atoms with Gasteiger partial charge < -0.3 is 29.6 Å². The fourth-order valence-electron chi connectivity index (χ4n) is 3.95. The van der Waals surface area contributed by atoms with Gasteiger partial charge in [0.15, 0.2) is 15.3 Å². The maximum absolute atomic E-state index is 13.0. The number of rotatable bonds is 7. The summed E-state index contributed by atoms with van der Waals surface area (Å²) in [5.74, 6) is -0.479. The number of nitrogens with zero attached hydrogens (tertiary/aromatic N) is 4. The first kappa shape index (κ1) is 21.8. The van der Waals surface area contributed by atoms with Crippen molar-refractivity contribution in [2.45, 2.75) is 39.0 Å². The van der Waals surface area contributed by atoms with Gasteiger partial charge in [0.25, 0.3) is 0 Å². The van der Waals surface area contributed by atoms with Crippen LogP contribution in [0.3, 0.4) is 0 Å². The number of halogens is 1. The van der Waals surface area contributed by atoms with Crippen molar-refractivity contribution in [1.29, 1.82) is 0 Å². The van der Waals surface area contributed by atoms with Crippen molar-refractivity contribution in [3.05, 3.63) is 10.2 Å². The average Bonchev–Trinajstić information content (AvgIpc) is 3.11. The molecule has 0 amide bonds. The van der Waals surface area contributed by atoms with Gasteiger partial charge >= 0.3 is 7.60 Å². The number of hydrogen-bond acceptors (Lipinski definition) is 9. The zero-order valence-electron chi connectivity index (χ0n) is 15.9. The smallest absolute Gasteiger partial charge is 0.331 e. The summed E-state index contributed by atoms with van der Waals surface area (Å²) in [6.07, 6.45) is -0.630. The first-order chi connectivity index (χ1) is 13.2. The molecule has 0 radical (unpaired) electrons. The summed E-state index contributed by atoms with van der Waals surface area (Å²) in [5, 5.41) is 21.5. The molecule has 0 bridgehead atoms. The number of nitrogens with two attached hydrogens (primary N) is 1. The van der Waals surface area contributed by atoms with E-state index in [1.165, 1.54) is 6.33 Å². The van der Waals surface area contributed by atoms with Crippen LogP contribution in [-0.4, -0.2) is 61.3 Å². The van der Waals surface area contributed by atoms with Gasteiger partial charge in [-0.15, -0.1) is 0 Å². The minimum Gasteiger partial charge on any atom is -0.390 e. The zero-order chi connectivity index (χ0) is 20.6. The first-order valence-electron chi connectivity index (χ1n) is 9.12. The second-order valence-electron chi connectivity index (χ2n) is 6.83. The van der Waals surface area contributed by atoms with Gasteiger partial charge in [0.1, 0.15) is 11.6 Å². The maximum Gasteiger partial charge on any atom is 0.331 e. The van der Waals surface area contributed by atoms with E-state index in [-0.39, 0.29) is 31.1 Å². The highest BCUT2D eigenvalue weighted by Crippen LogP contribution is 2.54. The summed E-state index contributed by atoms with van der Waals surface area (Å²) >= 11 is 1.96. The number of aliphatic hydroxyl groups excluding tert-OH is 2. The van der Waals surface area contributed by atoms with E-state index in [1.54, 1.807) is 18.4 Å². The monoisotopic (exact) mass is 525 g/mol. The molecule has 0 aromatic carbocycles. The van der Waals surface area contributed by atoms with Gasteiger partial charge in [-0.2, -0.15) is 0 Å². The number of aliphatic hydroxyl groups is 2. The van der Waals surface area contributed by atoms with Gasteiger partial charge in [0, 0.05) is 28.5 Å². The van der Waals surface area contributed by atoms with Crippen LogP contribution < -0.4 is 5.73 Å². The summed E-state index contributed by atoms with van der Waals surface area (Å²) in [7, 11) is -3.38. The van der Waals surface area contributed by atoms with Gasteiger partial charge in [0.05, 0.1) is 37.8 Å². The van der Waals surface area contributed by atoms with Crippen molar-refractivity contribution >= 4 is 47.2 Å². The van der Waals surface area contributed by atoms with Gasteiger partial charge in [0.2, 0.25) is 0 Å². The SMILES string of the molecule is CCOP(=O)(C[C@H]1[C@H](C)[C@@H](n2cnc3c(N)nc(I)nc32)[C@H](O)[C@@H]1O)OCC. The summed E-state index contributed by atoms with van der Waals surface area (Å²) in [5.41, 5.74) is 6.85. The number of anilines is 1. The third-order valence-corrected chi connectivity index (χ3v) is 7.84. The van der Waals surface area contributed by atoms with E-state index in [4.69, 9.17) is 14.8 Å². The molecule has 1 aliphatic carbocycles. The molecule has 0 aliphatic heterocycles. The molecule has 12 heteroatoms. The Morgan fingerprint density at radius 2 is 1.89 bits per heavy atom. The van der Waals surface area contributed by atoms with Crippen LogP contribution in [0.2, 0.25) is 0 Å². The lowest BCUT2D eigenvalue weighted by Gasteiger charge is -2.26. The predicted molar refractivity (Wildman–Crippen MR) is 112 cm³/mol. The molecule has 0 spiro atoms. The Labute approximate surface area is 176 Å². The molecule has 156 valence electrons. The van der Waals surface area contributed by atoms with E-state index in [9.17, 15) is 14.8 Å². The maximum atomic E-state index is 13.0. The van der Waals surface area contributed by atoms with E-state index in [1.807, 2.05) is 29.5 Å². The number of nitrogen functional groups attached to an aromatic ring is 1. The Morgan fingerprint density at radius 1 is 1.25 bits per heavy atom. The van der Waals surface area contributed by atoms with Crippen LogP contribution in [0, 0.1) is 15.7 Å². The molecule has 2 aromatic heterocycles. The van der Waals surface area contributed by atoms with E-state index in [0.717, 1.165) is 0 Å². The van der Waals surface area contributed by atoms with Gasteiger partial charge in [-0.1, -0.05) is 6.92 Å². The van der Waals surface area contributed by atoms with E-state index in [2.05, 4.69) is 15.0 Å². The van der Waals surface area contributed by atoms with E-state index < -0.39 is 31.8 Å². The van der Waals surface area contributed by atoms with Crippen LogP contribution in [-0.2, 0) is 13.6 Å². The average molecular weight is 525 g/mol. The van der Waals surface area contributed by atoms with E-state index >= 15 is 0 Å². The molecule has 0 unspecified atom stereocenters. The largest absolute Gasteiger partial charge is 0.390 e. The van der Waals surface area contributed by atoms with Crippen molar-refractivity contribution in [2.75, 3.05) is 25.1 Å². The van der Waals surface area contributed by atoms with Gasteiger partial charge in [-0.3, -0.25) is 4.57 Å².